The van der Waals surface area contributed by atoms with Crippen LogP contribution in [-0.4, -0.2) is 35.8 Å². The summed E-state index contributed by atoms with van der Waals surface area (Å²) < 4.78 is 28.4. The Labute approximate surface area is 73.3 Å². The van der Waals surface area contributed by atoms with E-state index in [1.807, 2.05) is 0 Å². The molecule has 1 unspecified atom stereocenters. The van der Waals surface area contributed by atoms with Crippen molar-refractivity contribution in [2.24, 2.45) is 5.73 Å². The molecule has 0 aliphatic heterocycles. The van der Waals surface area contributed by atoms with Crippen molar-refractivity contribution in [2.75, 3.05) is 5.75 Å². The number of nitrogens with two attached hydrogens (primary N) is 1. The zero-order valence-corrected chi connectivity index (χ0v) is 7.64. The molecule has 0 aromatic carbocycles. The molecule has 4 N–H and O–H groups in total. The number of carboxylic acids is 1. The second kappa shape index (κ2) is 4.65. The van der Waals surface area contributed by atoms with Crippen LogP contribution >= 0.6 is 10.8 Å². The van der Waals surface area contributed by atoms with E-state index in [9.17, 15) is 13.2 Å². The summed E-state index contributed by atoms with van der Waals surface area (Å²) in [5, 5.41) is 8.27. The van der Waals surface area contributed by atoms with Crippen LogP contribution in [0, 0.1) is 0 Å². The summed E-state index contributed by atoms with van der Waals surface area (Å²) in [7, 11) is -3.81. The third kappa shape index (κ3) is 6.40. The number of carbonyl (C=O) groups is 1. The molecule has 0 bridgehead atoms. The van der Waals surface area contributed by atoms with Gasteiger partial charge in [-0.2, -0.15) is 8.42 Å². The molecular formula is C4H9NO5S2. The standard InChI is InChI=1S/C4H9NO5S2/c5-3(4(6)7)1-2-11-12(8,9)10/h3H,1-2,5H2,(H,6,7)(H,8,9,10). The summed E-state index contributed by atoms with van der Waals surface area (Å²) in [5.74, 6) is -1.22. The van der Waals surface area contributed by atoms with Crippen LogP contribution in [0.1, 0.15) is 6.42 Å². The molecule has 0 saturated carbocycles. The molecule has 0 saturated heterocycles. The van der Waals surface area contributed by atoms with Crippen LogP contribution in [0.2, 0.25) is 0 Å². The predicted molar refractivity (Wildman–Crippen MR) is 44.2 cm³/mol. The van der Waals surface area contributed by atoms with Crippen LogP contribution < -0.4 is 5.73 Å². The normalized spacial score (nSPS) is 14.2. The molecule has 0 aromatic heterocycles. The van der Waals surface area contributed by atoms with Crippen LogP contribution in [0.5, 0.6) is 0 Å². The Morgan fingerprint density at radius 3 is 2.42 bits per heavy atom. The van der Waals surface area contributed by atoms with Crippen molar-refractivity contribution in [1.29, 1.82) is 0 Å². The highest BCUT2D eigenvalue weighted by molar-refractivity contribution is 8.69. The SMILES string of the molecule is NC(CCSS(=O)(=O)O)C(=O)O. The fourth-order valence-electron chi connectivity index (χ4n) is 0.404. The molecule has 6 nitrogen and oxygen atoms in total. The maximum Gasteiger partial charge on any atom is 0.320 e. The van der Waals surface area contributed by atoms with E-state index >= 15 is 0 Å². The molecule has 12 heavy (non-hydrogen) atoms. The summed E-state index contributed by atoms with van der Waals surface area (Å²) in [4.78, 5) is 10.1. The topological polar surface area (TPSA) is 118 Å². The molecule has 0 aliphatic rings. The van der Waals surface area contributed by atoms with E-state index in [0.717, 1.165) is 0 Å². The third-order valence-electron chi connectivity index (χ3n) is 0.978. The van der Waals surface area contributed by atoms with E-state index in [1.165, 1.54) is 0 Å². The molecule has 0 rings (SSSR count). The lowest BCUT2D eigenvalue weighted by Crippen LogP contribution is -2.30. The minimum Gasteiger partial charge on any atom is -0.480 e. The molecule has 8 heteroatoms. The zero-order valence-electron chi connectivity index (χ0n) is 6.00. The van der Waals surface area contributed by atoms with Crippen LogP contribution in [0.3, 0.4) is 0 Å². The predicted octanol–water partition coefficient (Wildman–Crippen LogP) is -0.676. The Bertz CT molecular complexity index is 248. The van der Waals surface area contributed by atoms with Crippen molar-refractivity contribution in [3.05, 3.63) is 0 Å². The summed E-state index contributed by atoms with van der Waals surface area (Å²) in [5.41, 5.74) is 5.06. The first kappa shape index (κ1) is 11.7. The highest BCUT2D eigenvalue weighted by atomic mass is 33.1. The molecule has 0 spiro atoms. The first-order valence-corrected chi connectivity index (χ1v) is 5.87. The van der Waals surface area contributed by atoms with Gasteiger partial charge < -0.3 is 10.8 Å². The highest BCUT2D eigenvalue weighted by Crippen LogP contribution is 2.10. The molecule has 0 aliphatic carbocycles. The lowest BCUT2D eigenvalue weighted by atomic mass is 10.2. The summed E-state index contributed by atoms with van der Waals surface area (Å²) in [6, 6.07) is -1.08. The van der Waals surface area contributed by atoms with Gasteiger partial charge in [0, 0.05) is 5.75 Å². The summed E-state index contributed by atoms with van der Waals surface area (Å²) in [6.45, 7) is 0. The number of aliphatic carboxylic acids is 1. The van der Waals surface area contributed by atoms with E-state index in [4.69, 9.17) is 15.4 Å². The van der Waals surface area contributed by atoms with Crippen molar-refractivity contribution >= 4 is 25.9 Å². The van der Waals surface area contributed by atoms with Crippen LogP contribution in [0.4, 0.5) is 0 Å². The third-order valence-corrected chi connectivity index (χ3v) is 3.07. The molecular weight excluding hydrogens is 206 g/mol. The van der Waals surface area contributed by atoms with E-state index in [1.54, 1.807) is 0 Å². The maximum atomic E-state index is 10.1. The molecule has 72 valence electrons. The van der Waals surface area contributed by atoms with Gasteiger partial charge in [0.2, 0.25) is 0 Å². The Balaban J connectivity index is 3.65. The van der Waals surface area contributed by atoms with Crippen molar-refractivity contribution in [1.82, 2.24) is 0 Å². The van der Waals surface area contributed by atoms with Crippen molar-refractivity contribution < 1.29 is 22.9 Å². The van der Waals surface area contributed by atoms with Gasteiger partial charge in [0.15, 0.2) is 0 Å². The fourth-order valence-corrected chi connectivity index (χ4v) is 1.89. The minimum atomic E-state index is -4.08. The maximum absolute atomic E-state index is 10.1. The van der Waals surface area contributed by atoms with Gasteiger partial charge in [0.1, 0.15) is 6.04 Å². The summed E-state index contributed by atoms with van der Waals surface area (Å²) >= 11 is 0. The van der Waals surface area contributed by atoms with Gasteiger partial charge in [0.05, 0.1) is 0 Å². The van der Waals surface area contributed by atoms with Gasteiger partial charge in [-0.05, 0) is 17.2 Å². The van der Waals surface area contributed by atoms with Gasteiger partial charge >= 0.3 is 15.1 Å². The monoisotopic (exact) mass is 215 g/mol. The Morgan fingerprint density at radius 2 is 2.08 bits per heavy atom. The van der Waals surface area contributed by atoms with E-state index in [-0.39, 0.29) is 23.0 Å². The van der Waals surface area contributed by atoms with Gasteiger partial charge in [-0.3, -0.25) is 9.35 Å². The molecule has 0 heterocycles. The lowest BCUT2D eigenvalue weighted by molar-refractivity contribution is -0.138. The Kier molecular flexibility index (Phi) is 4.53. The first-order chi connectivity index (χ1) is 5.33. The van der Waals surface area contributed by atoms with Crippen molar-refractivity contribution in [2.45, 2.75) is 12.5 Å². The minimum absolute atomic E-state index is 0.000208. The molecule has 0 fully saturated rings. The van der Waals surface area contributed by atoms with Crippen LogP contribution in [-0.2, 0) is 13.9 Å². The number of rotatable bonds is 5. The summed E-state index contributed by atoms with van der Waals surface area (Å²) in [6.07, 6.45) is -0.000208. The number of carboxylic acid groups (broad SMARTS) is 1. The quantitative estimate of drug-likeness (QED) is 0.411. The lowest BCUT2D eigenvalue weighted by Gasteiger charge is -2.03. The second-order valence-corrected chi connectivity index (χ2v) is 5.45. The van der Waals surface area contributed by atoms with Gasteiger partial charge in [-0.1, -0.05) is 0 Å². The molecule has 0 amide bonds. The van der Waals surface area contributed by atoms with Crippen LogP contribution in [0.15, 0.2) is 0 Å². The average Bonchev–Trinajstić information content (AvgIpc) is 1.84. The van der Waals surface area contributed by atoms with Crippen LogP contribution in [0.25, 0.3) is 0 Å². The number of hydrogen-bond donors (Lipinski definition) is 3. The number of hydrogen-bond acceptors (Lipinski definition) is 5. The van der Waals surface area contributed by atoms with Crippen molar-refractivity contribution in [3.8, 4) is 0 Å². The van der Waals surface area contributed by atoms with E-state index < -0.39 is 21.2 Å². The molecule has 1 atom stereocenters. The molecule has 0 radical (unpaired) electrons. The highest BCUT2D eigenvalue weighted by Gasteiger charge is 2.13. The van der Waals surface area contributed by atoms with Gasteiger partial charge in [-0.25, -0.2) is 0 Å². The van der Waals surface area contributed by atoms with Gasteiger partial charge in [0.25, 0.3) is 0 Å². The Hall–Kier alpha value is -0.310. The average molecular weight is 215 g/mol. The van der Waals surface area contributed by atoms with Crippen molar-refractivity contribution in [3.63, 3.8) is 0 Å². The second-order valence-electron chi connectivity index (χ2n) is 1.98. The first-order valence-electron chi connectivity index (χ1n) is 2.93. The fraction of sp³-hybridized carbons (Fsp3) is 0.750. The van der Waals surface area contributed by atoms with E-state index in [2.05, 4.69) is 0 Å². The van der Waals surface area contributed by atoms with E-state index in [0.29, 0.717) is 0 Å². The smallest absolute Gasteiger partial charge is 0.320 e. The molecule has 0 aromatic rings. The Morgan fingerprint density at radius 1 is 1.58 bits per heavy atom. The van der Waals surface area contributed by atoms with Gasteiger partial charge in [-0.15, -0.1) is 0 Å². The zero-order chi connectivity index (χ0) is 9.78. The largest absolute Gasteiger partial charge is 0.480 e.